The molecule has 0 aromatic heterocycles. The molecule has 10 heteroatoms. The fourth-order valence-corrected chi connectivity index (χ4v) is 3.81. The lowest BCUT2D eigenvalue weighted by Crippen LogP contribution is -2.54. The minimum atomic E-state index is -1.03. The quantitative estimate of drug-likeness (QED) is 0.427. The standard InChI is InChI=1S/C22H20N4O6/c23-19(28)12-4-1-2-7-16(12)32-11-10-24-14-6-3-5-13-18(14)22(31)26(21(13)30)15-8-9-17(27)25-20(15)29/h1-7,15,24H,8-11H2,(H2,23,28)(H,25,27,29). The average molecular weight is 436 g/mol. The number of para-hydroxylation sites is 1. The van der Waals surface area contributed by atoms with Crippen molar-refractivity contribution in [1.29, 1.82) is 0 Å². The Labute approximate surface area is 182 Å². The van der Waals surface area contributed by atoms with Crippen LogP contribution in [0.15, 0.2) is 42.5 Å². The van der Waals surface area contributed by atoms with Crippen LogP contribution in [0.2, 0.25) is 0 Å². The first-order valence-corrected chi connectivity index (χ1v) is 9.98. The minimum absolute atomic E-state index is 0.0546. The number of hydrogen-bond donors (Lipinski definition) is 3. The maximum absolute atomic E-state index is 13.0. The third-order valence-corrected chi connectivity index (χ3v) is 5.30. The molecule has 1 atom stereocenters. The van der Waals surface area contributed by atoms with E-state index in [-0.39, 0.29) is 42.7 Å². The van der Waals surface area contributed by atoms with Crippen molar-refractivity contribution in [2.75, 3.05) is 18.5 Å². The van der Waals surface area contributed by atoms with Crippen LogP contribution < -0.4 is 21.1 Å². The Bertz CT molecular complexity index is 1140. The molecular formula is C22H20N4O6. The molecule has 1 fully saturated rings. The first-order chi connectivity index (χ1) is 15.4. The van der Waals surface area contributed by atoms with Gasteiger partial charge in [0.05, 0.1) is 16.7 Å². The Morgan fingerprint density at radius 1 is 1.09 bits per heavy atom. The second kappa shape index (κ2) is 8.50. The SMILES string of the molecule is NC(=O)c1ccccc1OCCNc1cccc2c1C(=O)N(C1CCC(=O)NC1=O)C2=O. The number of carbonyl (C=O) groups excluding carboxylic acids is 5. The number of amides is 5. The fourth-order valence-electron chi connectivity index (χ4n) is 3.81. The molecular weight excluding hydrogens is 416 g/mol. The number of nitrogens with two attached hydrogens (primary N) is 1. The van der Waals surface area contributed by atoms with Gasteiger partial charge in [-0.1, -0.05) is 18.2 Å². The molecule has 32 heavy (non-hydrogen) atoms. The van der Waals surface area contributed by atoms with Gasteiger partial charge >= 0.3 is 0 Å². The number of rotatable bonds is 7. The predicted octanol–water partition coefficient (Wildman–Crippen LogP) is 0.678. The number of piperidine rings is 1. The van der Waals surface area contributed by atoms with E-state index in [2.05, 4.69) is 10.6 Å². The summed E-state index contributed by atoms with van der Waals surface area (Å²) in [6, 6.07) is 10.3. The van der Waals surface area contributed by atoms with Gasteiger partial charge in [-0.25, -0.2) is 0 Å². The van der Waals surface area contributed by atoms with Gasteiger partial charge in [-0.15, -0.1) is 0 Å². The summed E-state index contributed by atoms with van der Waals surface area (Å²) in [5.74, 6) is -2.52. The molecule has 5 amide bonds. The molecule has 1 saturated heterocycles. The van der Waals surface area contributed by atoms with E-state index >= 15 is 0 Å². The second-order valence-corrected chi connectivity index (χ2v) is 7.31. The van der Waals surface area contributed by atoms with Crippen LogP contribution in [0.3, 0.4) is 0 Å². The van der Waals surface area contributed by atoms with Crippen molar-refractivity contribution in [2.45, 2.75) is 18.9 Å². The smallest absolute Gasteiger partial charge is 0.264 e. The van der Waals surface area contributed by atoms with E-state index in [1.165, 1.54) is 6.07 Å². The molecule has 2 aliphatic rings. The van der Waals surface area contributed by atoms with E-state index in [0.29, 0.717) is 11.4 Å². The molecule has 1 unspecified atom stereocenters. The zero-order valence-electron chi connectivity index (χ0n) is 16.9. The number of carbonyl (C=O) groups is 5. The summed E-state index contributed by atoms with van der Waals surface area (Å²) < 4.78 is 5.62. The van der Waals surface area contributed by atoms with Crippen LogP contribution in [0.1, 0.15) is 43.9 Å². The van der Waals surface area contributed by atoms with Crippen molar-refractivity contribution in [3.63, 3.8) is 0 Å². The fraction of sp³-hybridized carbons (Fsp3) is 0.227. The molecule has 2 aromatic rings. The number of anilines is 1. The lowest BCUT2D eigenvalue weighted by atomic mass is 10.0. The highest BCUT2D eigenvalue weighted by molar-refractivity contribution is 6.25. The Kier molecular flexibility index (Phi) is 5.59. The number of nitrogens with zero attached hydrogens (tertiary/aromatic N) is 1. The van der Waals surface area contributed by atoms with E-state index < -0.39 is 35.6 Å². The highest BCUT2D eigenvalue weighted by Crippen LogP contribution is 2.32. The molecule has 0 radical (unpaired) electrons. The van der Waals surface area contributed by atoms with Crippen molar-refractivity contribution < 1.29 is 28.7 Å². The topological polar surface area (TPSA) is 148 Å². The Hall–Kier alpha value is -4.21. The summed E-state index contributed by atoms with van der Waals surface area (Å²) in [6.45, 7) is 0.427. The van der Waals surface area contributed by atoms with Crippen LogP contribution in [0.4, 0.5) is 5.69 Å². The maximum atomic E-state index is 13.0. The first-order valence-electron chi connectivity index (χ1n) is 9.98. The summed E-state index contributed by atoms with van der Waals surface area (Å²) in [5, 5.41) is 5.23. The van der Waals surface area contributed by atoms with Crippen LogP contribution in [-0.4, -0.2) is 53.6 Å². The zero-order valence-corrected chi connectivity index (χ0v) is 16.9. The van der Waals surface area contributed by atoms with Gasteiger partial charge in [0.25, 0.3) is 17.7 Å². The minimum Gasteiger partial charge on any atom is -0.491 e. The normalized spacial score (nSPS) is 17.8. The van der Waals surface area contributed by atoms with E-state index in [9.17, 15) is 24.0 Å². The van der Waals surface area contributed by atoms with Gasteiger partial charge in [0.15, 0.2) is 0 Å². The summed E-state index contributed by atoms with van der Waals surface area (Å²) >= 11 is 0. The number of primary amides is 1. The molecule has 2 aromatic carbocycles. The second-order valence-electron chi connectivity index (χ2n) is 7.31. The van der Waals surface area contributed by atoms with Crippen molar-refractivity contribution in [3.05, 3.63) is 59.2 Å². The third kappa shape index (κ3) is 3.78. The first kappa shape index (κ1) is 21.0. The van der Waals surface area contributed by atoms with Crippen molar-refractivity contribution in [1.82, 2.24) is 10.2 Å². The largest absolute Gasteiger partial charge is 0.491 e. The lowest BCUT2D eigenvalue weighted by Gasteiger charge is -2.27. The molecule has 10 nitrogen and oxygen atoms in total. The number of hydrogen-bond acceptors (Lipinski definition) is 7. The van der Waals surface area contributed by atoms with Crippen molar-refractivity contribution in [2.24, 2.45) is 5.73 Å². The van der Waals surface area contributed by atoms with E-state index in [4.69, 9.17) is 10.5 Å². The molecule has 0 spiro atoms. The number of nitrogens with one attached hydrogen (secondary N) is 2. The third-order valence-electron chi connectivity index (χ3n) is 5.30. The van der Waals surface area contributed by atoms with E-state index in [1.807, 2.05) is 0 Å². The van der Waals surface area contributed by atoms with Crippen LogP contribution in [0.25, 0.3) is 0 Å². The monoisotopic (exact) mass is 436 g/mol. The zero-order chi connectivity index (χ0) is 22.8. The van der Waals surface area contributed by atoms with E-state index in [1.54, 1.807) is 36.4 Å². The molecule has 4 N–H and O–H groups in total. The molecule has 2 heterocycles. The summed E-state index contributed by atoms with van der Waals surface area (Å²) in [5.41, 5.74) is 6.36. The predicted molar refractivity (Wildman–Crippen MR) is 112 cm³/mol. The van der Waals surface area contributed by atoms with Crippen molar-refractivity contribution in [3.8, 4) is 5.75 Å². The van der Waals surface area contributed by atoms with Gasteiger partial charge in [0.2, 0.25) is 11.8 Å². The van der Waals surface area contributed by atoms with Gasteiger partial charge in [-0.2, -0.15) is 0 Å². The summed E-state index contributed by atoms with van der Waals surface area (Å²) in [7, 11) is 0. The van der Waals surface area contributed by atoms with Crippen molar-refractivity contribution >= 4 is 35.2 Å². The average Bonchev–Trinajstić information content (AvgIpc) is 3.02. The summed E-state index contributed by atoms with van der Waals surface area (Å²) in [6.07, 6.45) is 0.144. The van der Waals surface area contributed by atoms with Crippen LogP contribution in [-0.2, 0) is 9.59 Å². The highest BCUT2D eigenvalue weighted by Gasteiger charge is 2.45. The Morgan fingerprint density at radius 2 is 1.88 bits per heavy atom. The number of benzene rings is 2. The van der Waals surface area contributed by atoms with Crippen LogP contribution in [0, 0.1) is 0 Å². The molecule has 2 aliphatic heterocycles. The van der Waals surface area contributed by atoms with Gasteiger partial charge < -0.3 is 15.8 Å². The van der Waals surface area contributed by atoms with Gasteiger partial charge in [0, 0.05) is 18.7 Å². The molecule has 0 saturated carbocycles. The Balaban J connectivity index is 1.46. The van der Waals surface area contributed by atoms with Gasteiger partial charge in [-0.05, 0) is 30.7 Å². The molecule has 4 rings (SSSR count). The lowest BCUT2D eigenvalue weighted by molar-refractivity contribution is -0.136. The van der Waals surface area contributed by atoms with Crippen LogP contribution >= 0.6 is 0 Å². The maximum Gasteiger partial charge on any atom is 0.264 e. The molecule has 164 valence electrons. The number of imide groups is 2. The van der Waals surface area contributed by atoms with E-state index in [0.717, 1.165) is 4.90 Å². The summed E-state index contributed by atoms with van der Waals surface area (Å²) in [4.78, 5) is 61.9. The Morgan fingerprint density at radius 3 is 2.62 bits per heavy atom. The molecule has 0 aliphatic carbocycles. The van der Waals surface area contributed by atoms with Gasteiger partial charge in [-0.3, -0.25) is 34.2 Å². The molecule has 0 bridgehead atoms. The van der Waals surface area contributed by atoms with Crippen LogP contribution in [0.5, 0.6) is 5.75 Å². The highest BCUT2D eigenvalue weighted by atomic mass is 16.5. The van der Waals surface area contributed by atoms with Gasteiger partial charge in [0.1, 0.15) is 18.4 Å². The number of ether oxygens (including phenoxy) is 1. The number of fused-ring (bicyclic) bond motifs is 1.